The van der Waals surface area contributed by atoms with Crippen LogP contribution < -0.4 is 5.32 Å². The fraction of sp³-hybridized carbons (Fsp3) is 0.750. The molecule has 0 bridgehead atoms. The Morgan fingerprint density at radius 2 is 2.13 bits per heavy atom. The maximum atomic E-state index is 5.45. The first-order chi connectivity index (χ1) is 11.0. The summed E-state index contributed by atoms with van der Waals surface area (Å²) in [7, 11) is 1.73. The van der Waals surface area contributed by atoms with Gasteiger partial charge in [-0.15, -0.1) is 0 Å². The van der Waals surface area contributed by atoms with Crippen LogP contribution in [0, 0.1) is 0 Å². The maximum absolute atomic E-state index is 5.45. The molecule has 2 heterocycles. The zero-order valence-electron chi connectivity index (χ0n) is 14.7. The zero-order chi connectivity index (χ0) is 16.7. The maximum Gasteiger partial charge on any atom is 0.194 e. The number of ether oxygens (including phenoxy) is 1. The molecule has 0 aromatic carbocycles. The Labute approximate surface area is 138 Å². The predicted molar refractivity (Wildman–Crippen MR) is 90.4 cm³/mol. The number of guanidine groups is 1. The summed E-state index contributed by atoms with van der Waals surface area (Å²) in [5.41, 5.74) is 0.746. The predicted octanol–water partition coefficient (Wildman–Crippen LogP) is 1.18. The van der Waals surface area contributed by atoms with Crippen LogP contribution in [0.5, 0.6) is 0 Å². The van der Waals surface area contributed by atoms with E-state index in [0.717, 1.165) is 50.9 Å². The van der Waals surface area contributed by atoms with Gasteiger partial charge in [0.15, 0.2) is 5.96 Å². The van der Waals surface area contributed by atoms with Crippen LogP contribution in [0.25, 0.3) is 0 Å². The summed E-state index contributed by atoms with van der Waals surface area (Å²) in [6.45, 7) is 12.4. The molecule has 1 aromatic heterocycles. The Balaban J connectivity index is 1.88. The summed E-state index contributed by atoms with van der Waals surface area (Å²) in [6.07, 6.45) is 1.62. The summed E-state index contributed by atoms with van der Waals surface area (Å²) >= 11 is 0. The Bertz CT molecular complexity index is 479. The molecule has 0 radical (unpaired) electrons. The Hall–Kier alpha value is -1.60. The lowest BCUT2D eigenvalue weighted by molar-refractivity contribution is 0.0308. The number of methoxy groups -OCH3 is 1. The second kappa shape index (κ2) is 8.31. The number of aromatic nitrogens is 1. The van der Waals surface area contributed by atoms with E-state index < -0.39 is 0 Å². The van der Waals surface area contributed by atoms with E-state index in [0.29, 0.717) is 6.54 Å². The SMILES string of the molecule is CCNC(=NCC(C)(C)OC)N1CCN(Cc2ccon2)CC1. The van der Waals surface area contributed by atoms with E-state index in [9.17, 15) is 0 Å². The van der Waals surface area contributed by atoms with Gasteiger partial charge in [0.05, 0.1) is 17.8 Å². The second-order valence-electron chi connectivity index (χ2n) is 6.39. The standard InChI is InChI=1S/C16H29N5O2/c1-5-17-15(18-13-16(2,3)22-4)21-9-7-20(8-10-21)12-14-6-11-23-19-14/h6,11H,5,7-10,12-13H2,1-4H3,(H,17,18). The Kier molecular flexibility index (Phi) is 6.41. The van der Waals surface area contributed by atoms with Crippen molar-refractivity contribution in [2.24, 2.45) is 4.99 Å². The van der Waals surface area contributed by atoms with Crippen LogP contribution in [0.15, 0.2) is 21.8 Å². The molecule has 1 aliphatic heterocycles. The molecule has 7 nitrogen and oxygen atoms in total. The van der Waals surface area contributed by atoms with Gasteiger partial charge in [0.2, 0.25) is 0 Å². The highest BCUT2D eigenvalue weighted by molar-refractivity contribution is 5.80. The van der Waals surface area contributed by atoms with Crippen molar-refractivity contribution < 1.29 is 9.26 Å². The second-order valence-corrected chi connectivity index (χ2v) is 6.39. The van der Waals surface area contributed by atoms with Crippen molar-refractivity contribution in [3.8, 4) is 0 Å². The molecule has 0 atom stereocenters. The zero-order valence-corrected chi connectivity index (χ0v) is 14.7. The molecule has 23 heavy (non-hydrogen) atoms. The number of rotatable bonds is 6. The quantitative estimate of drug-likeness (QED) is 0.626. The van der Waals surface area contributed by atoms with E-state index in [2.05, 4.69) is 41.0 Å². The molecule has 0 spiro atoms. The average molecular weight is 323 g/mol. The van der Waals surface area contributed by atoms with Crippen LogP contribution in [0.4, 0.5) is 0 Å². The molecular weight excluding hydrogens is 294 g/mol. The van der Waals surface area contributed by atoms with E-state index in [1.165, 1.54) is 0 Å². The smallest absolute Gasteiger partial charge is 0.194 e. The highest BCUT2D eigenvalue weighted by Gasteiger charge is 2.22. The summed E-state index contributed by atoms with van der Waals surface area (Å²) in [5.74, 6) is 0.971. The first-order valence-corrected chi connectivity index (χ1v) is 8.24. The molecule has 0 aliphatic carbocycles. The third-order valence-corrected chi connectivity index (χ3v) is 4.05. The molecular formula is C16H29N5O2. The van der Waals surface area contributed by atoms with Crippen molar-refractivity contribution in [2.45, 2.75) is 32.9 Å². The van der Waals surface area contributed by atoms with E-state index in [4.69, 9.17) is 14.3 Å². The van der Waals surface area contributed by atoms with Crippen LogP contribution in [-0.4, -0.2) is 72.9 Å². The normalized spacial score (nSPS) is 17.6. The van der Waals surface area contributed by atoms with Crippen LogP contribution in [0.3, 0.4) is 0 Å². The highest BCUT2D eigenvalue weighted by atomic mass is 16.5. The van der Waals surface area contributed by atoms with Gasteiger partial charge < -0.3 is 19.5 Å². The Morgan fingerprint density at radius 3 is 2.70 bits per heavy atom. The van der Waals surface area contributed by atoms with E-state index in [1.54, 1.807) is 13.4 Å². The number of aliphatic imine (C=N–C) groups is 1. The van der Waals surface area contributed by atoms with Crippen molar-refractivity contribution in [1.82, 2.24) is 20.3 Å². The summed E-state index contributed by atoms with van der Waals surface area (Å²) in [6, 6.07) is 1.92. The number of piperazine rings is 1. The molecule has 0 unspecified atom stereocenters. The van der Waals surface area contributed by atoms with Gasteiger partial charge in [0.25, 0.3) is 0 Å². The monoisotopic (exact) mass is 323 g/mol. The van der Waals surface area contributed by atoms with Gasteiger partial charge in [-0.2, -0.15) is 0 Å². The third kappa shape index (κ3) is 5.51. The molecule has 7 heteroatoms. The van der Waals surface area contributed by atoms with Gasteiger partial charge in [-0.3, -0.25) is 9.89 Å². The van der Waals surface area contributed by atoms with E-state index in [1.807, 2.05) is 6.07 Å². The summed E-state index contributed by atoms with van der Waals surface area (Å²) < 4.78 is 10.3. The number of nitrogens with one attached hydrogen (secondary N) is 1. The third-order valence-electron chi connectivity index (χ3n) is 4.05. The molecule has 1 aromatic rings. The molecule has 2 rings (SSSR count). The van der Waals surface area contributed by atoms with Gasteiger partial charge in [-0.25, -0.2) is 0 Å². The Morgan fingerprint density at radius 1 is 1.39 bits per heavy atom. The van der Waals surface area contributed by atoms with Gasteiger partial charge in [-0.1, -0.05) is 5.16 Å². The number of hydrogen-bond acceptors (Lipinski definition) is 5. The molecule has 1 fully saturated rings. The highest BCUT2D eigenvalue weighted by Crippen LogP contribution is 2.10. The number of nitrogens with zero attached hydrogens (tertiary/aromatic N) is 4. The summed E-state index contributed by atoms with van der Waals surface area (Å²) in [5, 5.41) is 7.36. The minimum absolute atomic E-state index is 0.241. The fourth-order valence-electron chi connectivity index (χ4n) is 2.42. The molecule has 0 saturated carbocycles. The lowest BCUT2D eigenvalue weighted by Gasteiger charge is -2.36. The van der Waals surface area contributed by atoms with Gasteiger partial charge in [-0.05, 0) is 20.8 Å². The molecule has 1 saturated heterocycles. The molecule has 1 N–H and O–H groups in total. The molecule has 1 aliphatic rings. The van der Waals surface area contributed by atoms with Crippen molar-refractivity contribution in [3.63, 3.8) is 0 Å². The van der Waals surface area contributed by atoms with Crippen molar-refractivity contribution in [2.75, 3.05) is 46.4 Å². The van der Waals surface area contributed by atoms with Crippen LogP contribution in [-0.2, 0) is 11.3 Å². The van der Waals surface area contributed by atoms with E-state index >= 15 is 0 Å². The molecule has 0 amide bonds. The minimum Gasteiger partial charge on any atom is -0.377 e. The van der Waals surface area contributed by atoms with Crippen LogP contribution in [0.2, 0.25) is 0 Å². The van der Waals surface area contributed by atoms with Crippen molar-refractivity contribution in [3.05, 3.63) is 18.0 Å². The fourth-order valence-corrected chi connectivity index (χ4v) is 2.42. The first kappa shape index (κ1) is 17.7. The largest absolute Gasteiger partial charge is 0.377 e. The van der Waals surface area contributed by atoms with Gasteiger partial charge in [0.1, 0.15) is 6.26 Å². The van der Waals surface area contributed by atoms with Crippen LogP contribution in [0.1, 0.15) is 26.5 Å². The summed E-state index contributed by atoms with van der Waals surface area (Å²) in [4.78, 5) is 9.44. The topological polar surface area (TPSA) is 66.1 Å². The lowest BCUT2D eigenvalue weighted by Crippen LogP contribution is -2.52. The van der Waals surface area contributed by atoms with Gasteiger partial charge in [0, 0.05) is 52.4 Å². The van der Waals surface area contributed by atoms with Crippen LogP contribution >= 0.6 is 0 Å². The first-order valence-electron chi connectivity index (χ1n) is 8.24. The van der Waals surface area contributed by atoms with Crippen molar-refractivity contribution >= 4 is 5.96 Å². The van der Waals surface area contributed by atoms with Crippen molar-refractivity contribution in [1.29, 1.82) is 0 Å². The molecule has 130 valence electrons. The van der Waals surface area contributed by atoms with Gasteiger partial charge >= 0.3 is 0 Å². The lowest BCUT2D eigenvalue weighted by atomic mass is 10.1. The average Bonchev–Trinajstić information content (AvgIpc) is 3.05. The van der Waals surface area contributed by atoms with E-state index in [-0.39, 0.29) is 5.60 Å². The minimum atomic E-state index is -0.241. The number of hydrogen-bond donors (Lipinski definition) is 1.